The number of anilines is 1. The summed E-state index contributed by atoms with van der Waals surface area (Å²) in [6.07, 6.45) is 4.46. The zero-order valence-electron chi connectivity index (χ0n) is 21.8. The second-order valence-corrected chi connectivity index (χ2v) is 12.0. The minimum atomic E-state index is -3.75. The molecule has 3 aliphatic rings. The van der Waals surface area contributed by atoms with Crippen LogP contribution in [-0.4, -0.2) is 85.8 Å². The molecule has 0 aliphatic carbocycles. The van der Waals surface area contributed by atoms with Crippen molar-refractivity contribution in [2.75, 3.05) is 52.2 Å². The summed E-state index contributed by atoms with van der Waals surface area (Å²) >= 11 is 0. The number of piperidine rings is 1. The fourth-order valence-electron chi connectivity index (χ4n) is 5.54. The lowest BCUT2D eigenvalue weighted by Crippen LogP contribution is -2.47. The van der Waals surface area contributed by atoms with Gasteiger partial charge in [-0.2, -0.15) is 4.31 Å². The minimum Gasteiger partial charge on any atom is -0.480 e. The number of carbonyl (C=O) groups is 1. The van der Waals surface area contributed by atoms with Crippen molar-refractivity contribution in [3.8, 4) is 17.0 Å². The number of nitrogens with zero attached hydrogens (tertiary/aromatic N) is 4. The number of benzene rings is 1. The Hall–Kier alpha value is -3.32. The third-order valence-electron chi connectivity index (χ3n) is 7.73. The van der Waals surface area contributed by atoms with Gasteiger partial charge in [-0.3, -0.25) is 4.79 Å². The lowest BCUT2D eigenvalue weighted by Gasteiger charge is -2.37. The molecule has 3 aliphatic heterocycles. The van der Waals surface area contributed by atoms with E-state index in [4.69, 9.17) is 19.9 Å². The first-order chi connectivity index (χ1) is 18.8. The number of methoxy groups -OCH3 is 1. The Balaban J connectivity index is 1.31. The van der Waals surface area contributed by atoms with Crippen LogP contribution in [0.5, 0.6) is 5.88 Å². The van der Waals surface area contributed by atoms with Crippen LogP contribution in [0.1, 0.15) is 36.0 Å². The van der Waals surface area contributed by atoms with Crippen LogP contribution in [0, 0.1) is 0 Å². The molecular weight excluding hydrogens is 522 g/mol. The van der Waals surface area contributed by atoms with E-state index in [1.54, 1.807) is 29.3 Å². The SMILES string of the molecule is COc1ncc(-c2ccc3nc(N)c(C(=O)N4CCC5(CC4)OCCO5)cc3c2)cc1S(=O)(=O)N1CCCC1. The van der Waals surface area contributed by atoms with Crippen LogP contribution in [0.3, 0.4) is 0 Å². The highest BCUT2D eigenvalue weighted by Gasteiger charge is 2.41. The number of pyridine rings is 2. The summed E-state index contributed by atoms with van der Waals surface area (Å²) < 4.78 is 45.0. The number of carbonyl (C=O) groups excluding carboxylic acids is 1. The maximum absolute atomic E-state index is 13.4. The smallest absolute Gasteiger partial charge is 0.257 e. The van der Waals surface area contributed by atoms with Crippen molar-refractivity contribution in [3.05, 3.63) is 42.1 Å². The van der Waals surface area contributed by atoms with Crippen LogP contribution >= 0.6 is 0 Å². The number of hydrogen-bond acceptors (Lipinski definition) is 9. The number of sulfonamides is 1. The molecule has 0 unspecified atom stereocenters. The predicted molar refractivity (Wildman–Crippen MR) is 144 cm³/mol. The fraction of sp³-hybridized carbons (Fsp3) is 0.444. The number of rotatable bonds is 5. The van der Waals surface area contributed by atoms with Gasteiger partial charge in [0, 0.05) is 56.2 Å². The normalized spacial score (nSPS) is 19.7. The molecule has 2 aromatic heterocycles. The van der Waals surface area contributed by atoms with Gasteiger partial charge in [-0.1, -0.05) is 6.07 Å². The first-order valence-corrected chi connectivity index (χ1v) is 14.6. The van der Waals surface area contributed by atoms with E-state index in [-0.39, 0.29) is 22.5 Å². The van der Waals surface area contributed by atoms with E-state index in [0.717, 1.165) is 18.4 Å². The first kappa shape index (κ1) is 25.9. The van der Waals surface area contributed by atoms with Crippen LogP contribution < -0.4 is 10.5 Å². The third-order valence-corrected chi connectivity index (χ3v) is 9.62. The molecule has 0 saturated carbocycles. The highest BCUT2D eigenvalue weighted by atomic mass is 32.2. The van der Waals surface area contributed by atoms with Gasteiger partial charge in [0.15, 0.2) is 5.79 Å². The molecule has 12 heteroatoms. The number of ether oxygens (including phenoxy) is 3. The van der Waals surface area contributed by atoms with Crippen molar-refractivity contribution in [1.29, 1.82) is 0 Å². The summed E-state index contributed by atoms with van der Waals surface area (Å²) in [5.74, 6) is -0.540. The van der Waals surface area contributed by atoms with Gasteiger partial charge >= 0.3 is 0 Å². The van der Waals surface area contributed by atoms with Gasteiger partial charge < -0.3 is 24.8 Å². The van der Waals surface area contributed by atoms with Crippen molar-refractivity contribution in [3.63, 3.8) is 0 Å². The third kappa shape index (κ3) is 4.71. The number of hydrogen-bond donors (Lipinski definition) is 1. The molecular formula is C27H31N5O6S. The number of aromatic nitrogens is 2. The summed E-state index contributed by atoms with van der Waals surface area (Å²) in [5, 5.41) is 0.709. The standard InChI is InChI=1S/C27H31N5O6S/c1-36-25-23(39(34,35)32-8-2-3-9-32)16-20(17-29-25)18-4-5-22-19(14-18)15-21(24(28)30-22)26(33)31-10-6-27(7-11-31)37-12-13-38-27/h4-5,14-17H,2-3,6-13H2,1H3,(H2,28,30). The van der Waals surface area contributed by atoms with Gasteiger partial charge in [-0.05, 0) is 42.7 Å². The molecule has 0 bridgehead atoms. The van der Waals surface area contributed by atoms with Gasteiger partial charge in [0.05, 0.1) is 31.4 Å². The maximum atomic E-state index is 13.4. The summed E-state index contributed by atoms with van der Waals surface area (Å²) in [7, 11) is -2.34. The van der Waals surface area contributed by atoms with E-state index >= 15 is 0 Å². The molecule has 6 rings (SSSR count). The molecule has 11 nitrogen and oxygen atoms in total. The summed E-state index contributed by atoms with van der Waals surface area (Å²) in [4.78, 5) is 24.0. The first-order valence-electron chi connectivity index (χ1n) is 13.1. The number of nitrogen functional groups attached to an aromatic ring is 1. The second-order valence-electron chi connectivity index (χ2n) is 10.1. The van der Waals surface area contributed by atoms with E-state index < -0.39 is 15.8 Å². The van der Waals surface area contributed by atoms with Gasteiger partial charge in [0.2, 0.25) is 15.9 Å². The molecule has 1 aromatic carbocycles. The zero-order valence-corrected chi connectivity index (χ0v) is 22.6. The van der Waals surface area contributed by atoms with Crippen LogP contribution in [-0.2, 0) is 19.5 Å². The van der Waals surface area contributed by atoms with Crippen LogP contribution in [0.4, 0.5) is 5.82 Å². The molecule has 0 radical (unpaired) electrons. The van der Waals surface area contributed by atoms with Crippen molar-refractivity contribution >= 4 is 32.7 Å². The molecule has 1 amide bonds. The van der Waals surface area contributed by atoms with Gasteiger partial charge in [-0.25, -0.2) is 18.4 Å². The van der Waals surface area contributed by atoms with E-state index in [2.05, 4.69) is 9.97 Å². The van der Waals surface area contributed by atoms with Crippen molar-refractivity contribution < 1.29 is 27.4 Å². The largest absolute Gasteiger partial charge is 0.480 e. The highest BCUT2D eigenvalue weighted by molar-refractivity contribution is 7.89. The Labute approximate surface area is 226 Å². The molecule has 3 saturated heterocycles. The number of nitrogens with two attached hydrogens (primary N) is 1. The van der Waals surface area contributed by atoms with Crippen LogP contribution in [0.15, 0.2) is 41.4 Å². The number of amides is 1. The molecule has 5 heterocycles. The van der Waals surface area contributed by atoms with Crippen LogP contribution in [0.2, 0.25) is 0 Å². The number of fused-ring (bicyclic) bond motifs is 1. The topological polar surface area (TPSA) is 137 Å². The fourth-order valence-corrected chi connectivity index (χ4v) is 7.19. The Bertz CT molecular complexity index is 1520. The Kier molecular flexibility index (Phi) is 6.66. The second kappa shape index (κ2) is 10.0. The molecule has 0 atom stereocenters. The molecule has 1 spiro atoms. The molecule has 2 N–H and O–H groups in total. The minimum absolute atomic E-state index is 0.0360. The Morgan fingerprint density at radius 3 is 2.44 bits per heavy atom. The summed E-state index contributed by atoms with van der Waals surface area (Å²) in [6.45, 7) is 3.12. The predicted octanol–water partition coefficient (Wildman–Crippen LogP) is 2.65. The van der Waals surface area contributed by atoms with E-state index in [9.17, 15) is 13.2 Å². The molecule has 39 heavy (non-hydrogen) atoms. The molecule has 3 aromatic rings. The van der Waals surface area contributed by atoms with Crippen molar-refractivity contribution in [1.82, 2.24) is 19.2 Å². The van der Waals surface area contributed by atoms with E-state index in [1.165, 1.54) is 11.4 Å². The lowest BCUT2D eigenvalue weighted by atomic mass is 10.0. The van der Waals surface area contributed by atoms with Gasteiger partial charge in [-0.15, -0.1) is 0 Å². The monoisotopic (exact) mass is 553 g/mol. The summed E-state index contributed by atoms with van der Waals surface area (Å²) in [6, 6.07) is 8.83. The zero-order chi connectivity index (χ0) is 27.2. The van der Waals surface area contributed by atoms with Crippen molar-refractivity contribution in [2.24, 2.45) is 0 Å². The molecule has 206 valence electrons. The summed E-state index contributed by atoms with van der Waals surface area (Å²) in [5.41, 5.74) is 8.51. The average molecular weight is 554 g/mol. The van der Waals surface area contributed by atoms with Gasteiger partial charge in [0.1, 0.15) is 10.7 Å². The maximum Gasteiger partial charge on any atom is 0.257 e. The lowest BCUT2D eigenvalue weighted by molar-refractivity contribution is -0.181. The van der Waals surface area contributed by atoms with E-state index in [0.29, 0.717) is 74.3 Å². The van der Waals surface area contributed by atoms with E-state index in [1.807, 2.05) is 12.1 Å². The van der Waals surface area contributed by atoms with Gasteiger partial charge in [0.25, 0.3) is 5.91 Å². The average Bonchev–Trinajstić information content (AvgIpc) is 3.66. The highest BCUT2D eigenvalue weighted by Crippen LogP contribution is 2.34. The molecule has 3 fully saturated rings. The van der Waals surface area contributed by atoms with Crippen molar-refractivity contribution in [2.45, 2.75) is 36.4 Å². The van der Waals surface area contributed by atoms with Crippen LogP contribution in [0.25, 0.3) is 22.0 Å². The quantitative estimate of drug-likeness (QED) is 0.505. The Morgan fingerprint density at radius 1 is 1.03 bits per heavy atom. The number of likely N-dealkylation sites (tertiary alicyclic amines) is 1. The Morgan fingerprint density at radius 2 is 1.74 bits per heavy atom.